The predicted molar refractivity (Wildman–Crippen MR) is 65.3 cm³/mol. The van der Waals surface area contributed by atoms with E-state index < -0.39 is 0 Å². The third-order valence-electron chi connectivity index (χ3n) is 3.31. The summed E-state index contributed by atoms with van der Waals surface area (Å²) in [6.07, 6.45) is 8.36. The molecule has 1 aromatic rings. The molecule has 0 radical (unpaired) electrons. The molecular weight excluding hydrogens is 200 g/mol. The minimum absolute atomic E-state index is 0.859. The minimum atomic E-state index is 0.859. The lowest BCUT2D eigenvalue weighted by molar-refractivity contribution is 0.311. The number of likely N-dealkylation sites (tertiary alicyclic amines) is 1. The zero-order valence-electron chi connectivity index (χ0n) is 10.1. The standard InChI is InChI=1S/C12H22N4/c1-13-9-12-3-7-15(10-12)5-2-6-16-8-4-14-11-16/h4,8,11-13H,2-3,5-7,9-10H2,1H3. The molecule has 90 valence electrons. The minimum Gasteiger partial charge on any atom is -0.337 e. The van der Waals surface area contributed by atoms with E-state index in [1.165, 1.54) is 32.5 Å². The van der Waals surface area contributed by atoms with Crippen molar-refractivity contribution in [2.24, 2.45) is 5.92 Å². The van der Waals surface area contributed by atoms with Crippen LogP contribution in [0.1, 0.15) is 12.8 Å². The van der Waals surface area contributed by atoms with Crippen molar-refractivity contribution in [3.05, 3.63) is 18.7 Å². The number of nitrogens with one attached hydrogen (secondary N) is 1. The maximum Gasteiger partial charge on any atom is 0.0945 e. The first-order valence-corrected chi connectivity index (χ1v) is 6.21. The van der Waals surface area contributed by atoms with Gasteiger partial charge in [-0.15, -0.1) is 0 Å². The molecule has 1 N–H and O–H groups in total. The molecular formula is C12H22N4. The van der Waals surface area contributed by atoms with Crippen LogP contribution in [0.2, 0.25) is 0 Å². The Bertz CT molecular complexity index is 283. The average molecular weight is 222 g/mol. The highest BCUT2D eigenvalue weighted by atomic mass is 15.1. The van der Waals surface area contributed by atoms with Crippen LogP contribution in [0.3, 0.4) is 0 Å². The molecule has 1 aromatic heterocycles. The van der Waals surface area contributed by atoms with Gasteiger partial charge in [0.2, 0.25) is 0 Å². The SMILES string of the molecule is CNCC1CCN(CCCn2ccnc2)C1. The van der Waals surface area contributed by atoms with E-state index >= 15 is 0 Å². The van der Waals surface area contributed by atoms with Crippen molar-refractivity contribution in [1.29, 1.82) is 0 Å². The summed E-state index contributed by atoms with van der Waals surface area (Å²) in [5.74, 6) is 0.859. The second-order valence-electron chi connectivity index (χ2n) is 4.67. The average Bonchev–Trinajstić information content (AvgIpc) is 2.90. The van der Waals surface area contributed by atoms with Crippen LogP contribution < -0.4 is 5.32 Å². The van der Waals surface area contributed by atoms with Crippen LogP contribution in [-0.2, 0) is 6.54 Å². The summed E-state index contributed by atoms with van der Waals surface area (Å²) in [6, 6.07) is 0. The fourth-order valence-electron chi connectivity index (χ4n) is 2.47. The lowest BCUT2D eigenvalue weighted by atomic mass is 10.1. The summed E-state index contributed by atoms with van der Waals surface area (Å²) in [6.45, 7) is 6.02. The predicted octanol–water partition coefficient (Wildman–Crippen LogP) is 0.814. The monoisotopic (exact) mass is 222 g/mol. The Balaban J connectivity index is 1.60. The van der Waals surface area contributed by atoms with E-state index in [4.69, 9.17) is 0 Å². The van der Waals surface area contributed by atoms with Gasteiger partial charge in [0.1, 0.15) is 0 Å². The second kappa shape index (κ2) is 6.01. The van der Waals surface area contributed by atoms with E-state index in [2.05, 4.69) is 19.8 Å². The van der Waals surface area contributed by atoms with Gasteiger partial charge in [-0.25, -0.2) is 4.98 Å². The molecule has 1 unspecified atom stereocenters. The van der Waals surface area contributed by atoms with Gasteiger partial charge in [-0.3, -0.25) is 0 Å². The molecule has 0 saturated carbocycles. The number of imidazole rings is 1. The van der Waals surface area contributed by atoms with Crippen LogP contribution in [0.15, 0.2) is 18.7 Å². The molecule has 2 rings (SSSR count). The first kappa shape index (κ1) is 11.6. The normalized spacial score (nSPS) is 21.7. The number of aryl methyl sites for hydroxylation is 1. The van der Waals surface area contributed by atoms with Crippen molar-refractivity contribution < 1.29 is 0 Å². The smallest absolute Gasteiger partial charge is 0.0945 e. The summed E-state index contributed by atoms with van der Waals surface area (Å²) < 4.78 is 2.15. The molecule has 4 nitrogen and oxygen atoms in total. The first-order valence-electron chi connectivity index (χ1n) is 6.21. The van der Waals surface area contributed by atoms with E-state index in [1.807, 2.05) is 25.8 Å². The molecule has 1 aliphatic rings. The Morgan fingerprint density at radius 3 is 3.12 bits per heavy atom. The van der Waals surface area contributed by atoms with Gasteiger partial charge in [-0.1, -0.05) is 0 Å². The summed E-state index contributed by atoms with van der Waals surface area (Å²) >= 11 is 0. The molecule has 0 bridgehead atoms. The van der Waals surface area contributed by atoms with E-state index in [0.29, 0.717) is 0 Å². The van der Waals surface area contributed by atoms with Crippen molar-refractivity contribution in [1.82, 2.24) is 19.8 Å². The van der Waals surface area contributed by atoms with E-state index in [-0.39, 0.29) is 0 Å². The van der Waals surface area contributed by atoms with Crippen molar-refractivity contribution in [3.8, 4) is 0 Å². The summed E-state index contributed by atoms with van der Waals surface area (Å²) in [5.41, 5.74) is 0. The number of hydrogen-bond donors (Lipinski definition) is 1. The quantitative estimate of drug-likeness (QED) is 0.773. The zero-order valence-corrected chi connectivity index (χ0v) is 10.1. The molecule has 1 saturated heterocycles. The van der Waals surface area contributed by atoms with E-state index in [0.717, 1.165) is 19.0 Å². The highest BCUT2D eigenvalue weighted by Crippen LogP contribution is 2.15. The van der Waals surface area contributed by atoms with Gasteiger partial charge < -0.3 is 14.8 Å². The van der Waals surface area contributed by atoms with Crippen LogP contribution in [-0.4, -0.2) is 47.7 Å². The Kier molecular flexibility index (Phi) is 4.36. The Morgan fingerprint density at radius 2 is 2.38 bits per heavy atom. The van der Waals surface area contributed by atoms with Crippen molar-refractivity contribution in [2.75, 3.05) is 33.2 Å². The third kappa shape index (κ3) is 3.32. The summed E-state index contributed by atoms with van der Waals surface area (Å²) in [5, 5.41) is 3.27. The third-order valence-corrected chi connectivity index (χ3v) is 3.31. The Hall–Kier alpha value is -0.870. The molecule has 0 aliphatic carbocycles. The van der Waals surface area contributed by atoms with Gasteiger partial charge in [0, 0.05) is 25.5 Å². The highest BCUT2D eigenvalue weighted by molar-refractivity contribution is 4.77. The number of rotatable bonds is 6. The fraction of sp³-hybridized carbons (Fsp3) is 0.750. The first-order chi connectivity index (χ1) is 7.88. The molecule has 1 aliphatic heterocycles. The molecule has 0 amide bonds. The van der Waals surface area contributed by atoms with Gasteiger partial charge in [0.25, 0.3) is 0 Å². The van der Waals surface area contributed by atoms with Gasteiger partial charge >= 0.3 is 0 Å². The van der Waals surface area contributed by atoms with Gasteiger partial charge in [-0.05, 0) is 45.4 Å². The molecule has 4 heteroatoms. The topological polar surface area (TPSA) is 33.1 Å². The molecule has 0 spiro atoms. The number of aromatic nitrogens is 2. The molecule has 2 heterocycles. The Morgan fingerprint density at radius 1 is 1.44 bits per heavy atom. The van der Waals surface area contributed by atoms with Gasteiger partial charge in [0.05, 0.1) is 6.33 Å². The van der Waals surface area contributed by atoms with Crippen molar-refractivity contribution in [2.45, 2.75) is 19.4 Å². The van der Waals surface area contributed by atoms with Gasteiger partial charge in [0.15, 0.2) is 0 Å². The largest absolute Gasteiger partial charge is 0.337 e. The lowest BCUT2D eigenvalue weighted by Crippen LogP contribution is -2.25. The molecule has 0 aromatic carbocycles. The lowest BCUT2D eigenvalue weighted by Gasteiger charge is -2.15. The van der Waals surface area contributed by atoms with Gasteiger partial charge in [-0.2, -0.15) is 0 Å². The van der Waals surface area contributed by atoms with Crippen LogP contribution in [0.4, 0.5) is 0 Å². The molecule has 1 fully saturated rings. The molecule has 16 heavy (non-hydrogen) atoms. The fourth-order valence-corrected chi connectivity index (χ4v) is 2.47. The van der Waals surface area contributed by atoms with E-state index in [1.54, 1.807) is 0 Å². The van der Waals surface area contributed by atoms with E-state index in [9.17, 15) is 0 Å². The summed E-state index contributed by atoms with van der Waals surface area (Å²) in [4.78, 5) is 6.63. The number of hydrogen-bond acceptors (Lipinski definition) is 3. The second-order valence-corrected chi connectivity index (χ2v) is 4.67. The summed E-state index contributed by atoms with van der Waals surface area (Å²) in [7, 11) is 2.04. The maximum atomic E-state index is 4.05. The van der Waals surface area contributed by atoms with Crippen molar-refractivity contribution >= 4 is 0 Å². The number of nitrogens with zero attached hydrogens (tertiary/aromatic N) is 3. The van der Waals surface area contributed by atoms with Crippen LogP contribution in [0.5, 0.6) is 0 Å². The zero-order chi connectivity index (χ0) is 11.2. The van der Waals surface area contributed by atoms with Crippen LogP contribution >= 0.6 is 0 Å². The Labute approximate surface area is 97.7 Å². The van der Waals surface area contributed by atoms with Crippen molar-refractivity contribution in [3.63, 3.8) is 0 Å². The van der Waals surface area contributed by atoms with Crippen LogP contribution in [0, 0.1) is 5.92 Å². The highest BCUT2D eigenvalue weighted by Gasteiger charge is 2.20. The van der Waals surface area contributed by atoms with Crippen LogP contribution in [0.25, 0.3) is 0 Å². The maximum absolute atomic E-state index is 4.05. The molecule has 1 atom stereocenters.